The number of carboxylic acids is 1. The molecule has 1 saturated carbocycles. The van der Waals surface area contributed by atoms with Crippen molar-refractivity contribution in [3.8, 4) is 28.7 Å². The number of methoxy groups -OCH3 is 1. The number of fused-ring (bicyclic) bond motifs is 2. The van der Waals surface area contributed by atoms with Crippen LogP contribution in [-0.2, 0) is 31.8 Å². The predicted octanol–water partition coefficient (Wildman–Crippen LogP) is 5.46. The first-order chi connectivity index (χ1) is 36.8. The maximum absolute atomic E-state index is 13.6. The van der Waals surface area contributed by atoms with Crippen LogP contribution in [-0.4, -0.2) is 141 Å². The highest BCUT2D eigenvalue weighted by Gasteiger charge is 2.44. The molecule has 1 aliphatic carbocycles. The van der Waals surface area contributed by atoms with Crippen LogP contribution in [0.4, 0.5) is 16.4 Å². The van der Waals surface area contributed by atoms with Gasteiger partial charge in [-0.15, -0.1) is 0 Å². The predicted molar refractivity (Wildman–Crippen MR) is 287 cm³/mol. The van der Waals surface area contributed by atoms with Gasteiger partial charge in [-0.1, -0.05) is 48.2 Å². The summed E-state index contributed by atoms with van der Waals surface area (Å²) < 4.78 is 14.1. The number of piperidine rings is 2. The second kappa shape index (κ2) is 21.9. The number of hydrogen-bond acceptors (Lipinski definition) is 13. The number of aromatic nitrogens is 4. The first-order valence-corrected chi connectivity index (χ1v) is 26.1. The van der Waals surface area contributed by atoms with E-state index in [2.05, 4.69) is 50.2 Å². The normalized spacial score (nSPS) is 18.1. The number of aryl methyl sites for hydroxylation is 1. The average molecular weight is 1030 g/mol. The van der Waals surface area contributed by atoms with Crippen LogP contribution in [0.5, 0.6) is 5.75 Å². The SMILES string of the molecule is COc1ccc(C#CCNC2(C)CCN(C3CCN(c4nc([C@@](CO)(OC5CC5)c5ccccc5)c5cc(-c6cn(C)c(=O)c7[nH]ccc67)ccc5n4)CC3)CC2)cc1N1CCC(=O)N(CNC(=O)CCC(=O)O)C1=O. The van der Waals surface area contributed by atoms with Gasteiger partial charge in [0.25, 0.3) is 5.56 Å². The number of aliphatic hydroxyl groups is 1. The van der Waals surface area contributed by atoms with Crippen molar-refractivity contribution < 1.29 is 38.9 Å². The molecule has 19 heteroatoms. The van der Waals surface area contributed by atoms with Gasteiger partial charge in [-0.3, -0.25) is 24.1 Å². The second-order valence-corrected chi connectivity index (χ2v) is 20.5. The van der Waals surface area contributed by atoms with E-state index in [0.717, 1.165) is 103 Å². The average Bonchev–Trinajstić information content (AvgIpc) is 4.14. The van der Waals surface area contributed by atoms with Crippen molar-refractivity contribution in [1.29, 1.82) is 0 Å². The molecule has 1 atom stereocenters. The van der Waals surface area contributed by atoms with Gasteiger partial charge in [-0.25, -0.2) is 19.7 Å². The number of ether oxygens (including phenoxy) is 2. The Labute approximate surface area is 440 Å². The van der Waals surface area contributed by atoms with E-state index >= 15 is 0 Å². The number of pyridine rings is 1. The Hall–Kier alpha value is -7.63. The van der Waals surface area contributed by atoms with Crippen molar-refractivity contribution in [1.82, 2.24) is 40.0 Å². The lowest BCUT2D eigenvalue weighted by Crippen LogP contribution is -2.55. The van der Waals surface area contributed by atoms with E-state index in [9.17, 15) is 29.1 Å². The molecule has 4 amide bonds. The number of aliphatic hydroxyl groups excluding tert-OH is 1. The smallest absolute Gasteiger partial charge is 0.332 e. The molecule has 5 N–H and O–H groups in total. The third-order valence-corrected chi connectivity index (χ3v) is 15.4. The fraction of sp³-hybridized carbons (Fsp3) is 0.421. The van der Waals surface area contributed by atoms with Gasteiger partial charge in [0, 0.05) is 98.5 Å². The van der Waals surface area contributed by atoms with Crippen molar-refractivity contribution >= 4 is 57.3 Å². The minimum atomic E-state index is -1.25. The largest absolute Gasteiger partial charge is 0.495 e. The molecule has 6 heterocycles. The number of benzene rings is 3. The highest BCUT2D eigenvalue weighted by atomic mass is 16.5. The molecular weight excluding hydrogens is 969 g/mol. The minimum absolute atomic E-state index is 0.00894. The Kier molecular flexibility index (Phi) is 14.9. The van der Waals surface area contributed by atoms with E-state index in [1.54, 1.807) is 29.9 Å². The van der Waals surface area contributed by atoms with Gasteiger partial charge < -0.3 is 49.7 Å². The van der Waals surface area contributed by atoms with Crippen molar-refractivity contribution in [3.63, 3.8) is 0 Å². The standard InChI is InChI=1S/C57H64N10O9/c1-56(60-25-7-8-37-11-16-47(75-3)46(32-37)66-29-22-49(70)67(55(66)74)36-59-48(69)17-18-50(71)72)23-30-64(31-24-56)40-20-27-65(28-21-40)54-61-45-15-12-38(44-34-63(2)53(73)51-42(44)19-26-58-51)33-43(45)52(62-54)57(35-68,76-41-13-14-41)39-9-5-4-6-10-39/h4-6,9-12,15-16,19,26,32-34,40-41,58,60,68H,13-14,17-18,20-25,27-31,35-36H2,1-3H3,(H,59,69)(H,71,72)/t57-/m0/s1. The van der Waals surface area contributed by atoms with E-state index in [1.807, 2.05) is 60.8 Å². The van der Waals surface area contributed by atoms with Crippen LogP contribution in [0.3, 0.4) is 0 Å². The summed E-state index contributed by atoms with van der Waals surface area (Å²) >= 11 is 0. The topological polar surface area (TPSA) is 228 Å². The first-order valence-electron chi connectivity index (χ1n) is 26.1. The zero-order chi connectivity index (χ0) is 53.1. The Bertz CT molecular complexity index is 3290. The molecule has 0 unspecified atom stereocenters. The molecule has 0 radical (unpaired) electrons. The number of imide groups is 1. The fourth-order valence-corrected chi connectivity index (χ4v) is 10.8. The molecule has 4 aliphatic rings. The van der Waals surface area contributed by atoms with Crippen molar-refractivity contribution in [2.24, 2.45) is 7.05 Å². The van der Waals surface area contributed by atoms with E-state index in [4.69, 9.17) is 24.5 Å². The second-order valence-electron chi connectivity index (χ2n) is 20.5. The first kappa shape index (κ1) is 51.8. The zero-order valence-corrected chi connectivity index (χ0v) is 43.1. The number of amides is 4. The molecule has 3 aromatic heterocycles. The summed E-state index contributed by atoms with van der Waals surface area (Å²) in [5, 5.41) is 28.2. The number of H-pyrrole nitrogens is 1. The maximum Gasteiger partial charge on any atom is 0.332 e. The highest BCUT2D eigenvalue weighted by Crippen LogP contribution is 2.43. The molecule has 19 nitrogen and oxygen atoms in total. The van der Waals surface area contributed by atoms with Crippen LogP contribution in [0.2, 0.25) is 0 Å². The number of likely N-dealkylation sites (tertiary alicyclic amines) is 1. The Morgan fingerprint density at radius 2 is 1.70 bits per heavy atom. The summed E-state index contributed by atoms with van der Waals surface area (Å²) in [6.45, 7) is 5.55. The van der Waals surface area contributed by atoms with E-state index in [-0.39, 0.29) is 56.3 Å². The molecular formula is C57H64N10O9. The van der Waals surface area contributed by atoms with Crippen LogP contribution in [0.25, 0.3) is 32.9 Å². The number of urea groups is 1. The van der Waals surface area contributed by atoms with E-state index in [1.165, 1.54) is 12.0 Å². The lowest BCUT2D eigenvalue weighted by Gasteiger charge is -2.45. The Morgan fingerprint density at radius 3 is 2.42 bits per heavy atom. The van der Waals surface area contributed by atoms with Gasteiger partial charge in [0.2, 0.25) is 17.8 Å². The summed E-state index contributed by atoms with van der Waals surface area (Å²) in [6.07, 6.45) is 8.63. The number of aliphatic carboxylic acids is 1. The van der Waals surface area contributed by atoms with Gasteiger partial charge in [-0.05, 0) is 93.0 Å². The third-order valence-electron chi connectivity index (χ3n) is 15.4. The fourth-order valence-electron chi connectivity index (χ4n) is 10.8. The maximum atomic E-state index is 13.6. The Morgan fingerprint density at radius 1 is 0.921 bits per heavy atom. The van der Waals surface area contributed by atoms with Gasteiger partial charge >= 0.3 is 12.0 Å². The number of carbonyl (C=O) groups excluding carboxylic acids is 3. The molecule has 10 rings (SSSR count). The summed E-state index contributed by atoms with van der Waals surface area (Å²) in [5.74, 6) is 5.37. The quantitative estimate of drug-likeness (QED) is 0.0716. The number of carbonyl (C=O) groups is 4. The van der Waals surface area contributed by atoms with Crippen molar-refractivity contribution in [2.75, 3.05) is 69.5 Å². The molecule has 0 spiro atoms. The molecule has 3 aliphatic heterocycles. The summed E-state index contributed by atoms with van der Waals surface area (Å²) in [5.41, 5.74) is 4.14. The van der Waals surface area contributed by atoms with Crippen molar-refractivity contribution in [3.05, 3.63) is 112 Å². The summed E-state index contributed by atoms with van der Waals surface area (Å²) in [7, 11) is 3.25. The van der Waals surface area contributed by atoms with Crippen LogP contribution in [0.1, 0.15) is 81.5 Å². The molecule has 3 aromatic carbocycles. The van der Waals surface area contributed by atoms with E-state index < -0.39 is 29.4 Å². The number of nitrogens with one attached hydrogen (secondary N) is 3. The van der Waals surface area contributed by atoms with Crippen LogP contribution >= 0.6 is 0 Å². The monoisotopic (exact) mass is 1030 g/mol. The van der Waals surface area contributed by atoms with Gasteiger partial charge in [0.05, 0.1) is 49.7 Å². The van der Waals surface area contributed by atoms with Crippen LogP contribution < -0.4 is 30.7 Å². The Balaban J connectivity index is 0.795. The molecule has 396 valence electrons. The van der Waals surface area contributed by atoms with Crippen molar-refractivity contribution in [2.45, 2.75) is 88.0 Å². The van der Waals surface area contributed by atoms with Gasteiger partial charge in [0.1, 0.15) is 17.9 Å². The molecule has 4 fully saturated rings. The van der Waals surface area contributed by atoms with Gasteiger partial charge in [-0.2, -0.15) is 0 Å². The summed E-state index contributed by atoms with van der Waals surface area (Å²) in [4.78, 5) is 83.3. The number of nitrogens with zero attached hydrogens (tertiary/aromatic N) is 7. The molecule has 76 heavy (non-hydrogen) atoms. The molecule has 0 bridgehead atoms. The molecule has 6 aromatic rings. The van der Waals surface area contributed by atoms with Crippen LogP contribution in [0.15, 0.2) is 90.0 Å². The molecule has 3 saturated heterocycles. The zero-order valence-electron chi connectivity index (χ0n) is 43.1. The van der Waals surface area contributed by atoms with Gasteiger partial charge in [0.15, 0.2) is 5.60 Å². The third kappa shape index (κ3) is 10.8. The number of hydrogen-bond donors (Lipinski definition) is 5. The number of anilines is 2. The lowest BCUT2D eigenvalue weighted by molar-refractivity contribution is -0.139. The lowest BCUT2D eigenvalue weighted by atomic mass is 9.87. The number of rotatable bonds is 17. The number of aromatic amines is 1. The van der Waals surface area contributed by atoms with Crippen LogP contribution in [0, 0.1) is 11.8 Å². The minimum Gasteiger partial charge on any atom is -0.495 e. The highest BCUT2D eigenvalue weighted by molar-refractivity contribution is 6.06. The number of carboxylic acid groups (broad SMARTS) is 1. The van der Waals surface area contributed by atoms with E-state index in [0.29, 0.717) is 46.7 Å². The summed E-state index contributed by atoms with van der Waals surface area (Å²) in [6, 6.07) is 23.0.